The molecule has 1 aliphatic rings. The lowest BCUT2D eigenvalue weighted by Gasteiger charge is -2.29. The van der Waals surface area contributed by atoms with Gasteiger partial charge in [-0.25, -0.2) is 0 Å². The van der Waals surface area contributed by atoms with Gasteiger partial charge in [0.1, 0.15) is 0 Å². The van der Waals surface area contributed by atoms with Gasteiger partial charge in [0.2, 0.25) is 0 Å². The molecule has 0 spiro atoms. The van der Waals surface area contributed by atoms with Gasteiger partial charge >= 0.3 is 0 Å². The first-order chi connectivity index (χ1) is 7.29. The molecule has 3 nitrogen and oxygen atoms in total. The number of aromatic nitrogens is 1. The standard InChI is InChI=1S/C11H12N2OS/c12-9-11(5-1-2-7-15(11)14)10-4-3-6-13-8-10/h3-4,6,8H,1-2,5,7H2/t11-,15?/m0/s1. The van der Waals surface area contributed by atoms with Crippen molar-refractivity contribution in [3.05, 3.63) is 30.1 Å². The molecule has 1 aromatic heterocycles. The highest BCUT2D eigenvalue weighted by Crippen LogP contribution is 2.36. The molecule has 0 N–H and O–H groups in total. The zero-order valence-corrected chi connectivity index (χ0v) is 9.17. The van der Waals surface area contributed by atoms with E-state index < -0.39 is 15.5 Å². The average Bonchev–Trinajstić information content (AvgIpc) is 2.31. The van der Waals surface area contributed by atoms with E-state index in [0.29, 0.717) is 12.2 Å². The molecule has 1 fully saturated rings. The number of nitriles is 1. The third-order valence-electron chi connectivity index (χ3n) is 2.81. The van der Waals surface area contributed by atoms with Crippen LogP contribution in [-0.4, -0.2) is 14.9 Å². The lowest BCUT2D eigenvalue weighted by Crippen LogP contribution is -2.34. The van der Waals surface area contributed by atoms with Crippen molar-refractivity contribution in [3.8, 4) is 6.07 Å². The van der Waals surface area contributed by atoms with Crippen LogP contribution in [0.15, 0.2) is 24.5 Å². The number of hydrogen-bond donors (Lipinski definition) is 0. The lowest BCUT2D eigenvalue weighted by molar-refractivity contribution is 0.565. The molecular formula is C11H12N2OS. The van der Waals surface area contributed by atoms with Crippen molar-refractivity contribution in [3.63, 3.8) is 0 Å². The SMILES string of the molecule is N#C[C@]1(c2cccnc2)CCCCS1=O. The maximum Gasteiger partial charge on any atom is 0.158 e. The number of hydrogen-bond acceptors (Lipinski definition) is 3. The smallest absolute Gasteiger partial charge is 0.158 e. The normalized spacial score (nSPS) is 30.7. The summed E-state index contributed by atoms with van der Waals surface area (Å²) in [6.45, 7) is 0. The van der Waals surface area contributed by atoms with Crippen LogP contribution in [0.2, 0.25) is 0 Å². The number of pyridine rings is 1. The van der Waals surface area contributed by atoms with Crippen LogP contribution in [0.3, 0.4) is 0 Å². The second-order valence-electron chi connectivity index (χ2n) is 3.69. The van der Waals surface area contributed by atoms with Crippen molar-refractivity contribution in [1.29, 1.82) is 5.26 Å². The Morgan fingerprint density at radius 1 is 1.53 bits per heavy atom. The third-order valence-corrected chi connectivity index (χ3v) is 4.77. The summed E-state index contributed by atoms with van der Waals surface area (Å²) in [4.78, 5) is 4.00. The first-order valence-electron chi connectivity index (χ1n) is 5.00. The van der Waals surface area contributed by atoms with Crippen LogP contribution in [0.4, 0.5) is 0 Å². The topological polar surface area (TPSA) is 53.8 Å². The largest absolute Gasteiger partial charge is 0.264 e. The maximum atomic E-state index is 12.0. The summed E-state index contributed by atoms with van der Waals surface area (Å²) in [5, 5.41) is 9.29. The van der Waals surface area contributed by atoms with E-state index in [2.05, 4.69) is 11.1 Å². The predicted molar refractivity (Wildman–Crippen MR) is 58.4 cm³/mol. The second kappa shape index (κ2) is 4.11. The van der Waals surface area contributed by atoms with E-state index in [1.165, 1.54) is 0 Å². The van der Waals surface area contributed by atoms with Crippen molar-refractivity contribution >= 4 is 10.8 Å². The Balaban J connectivity index is 2.46. The highest BCUT2D eigenvalue weighted by Gasteiger charge is 2.40. The monoisotopic (exact) mass is 220 g/mol. The van der Waals surface area contributed by atoms with Crippen molar-refractivity contribution in [2.75, 3.05) is 5.75 Å². The van der Waals surface area contributed by atoms with Gasteiger partial charge < -0.3 is 0 Å². The molecule has 2 heterocycles. The summed E-state index contributed by atoms with van der Waals surface area (Å²) in [6.07, 6.45) is 5.93. The Labute approximate surface area is 91.6 Å². The molecule has 78 valence electrons. The molecule has 15 heavy (non-hydrogen) atoms. The average molecular weight is 220 g/mol. The van der Waals surface area contributed by atoms with Crippen LogP contribution >= 0.6 is 0 Å². The summed E-state index contributed by atoms with van der Waals surface area (Å²) in [6, 6.07) is 5.88. The second-order valence-corrected chi connectivity index (χ2v) is 5.48. The van der Waals surface area contributed by atoms with Gasteiger partial charge in [-0.05, 0) is 25.3 Å². The molecule has 1 aliphatic heterocycles. The van der Waals surface area contributed by atoms with Crippen LogP contribution < -0.4 is 0 Å². The van der Waals surface area contributed by atoms with E-state index in [9.17, 15) is 9.47 Å². The molecule has 2 atom stereocenters. The molecule has 0 aliphatic carbocycles. The quantitative estimate of drug-likeness (QED) is 0.724. The van der Waals surface area contributed by atoms with Crippen LogP contribution in [0.25, 0.3) is 0 Å². The zero-order valence-electron chi connectivity index (χ0n) is 8.35. The van der Waals surface area contributed by atoms with Crippen molar-refractivity contribution in [1.82, 2.24) is 4.98 Å². The Morgan fingerprint density at radius 2 is 2.40 bits per heavy atom. The van der Waals surface area contributed by atoms with Crippen molar-refractivity contribution < 1.29 is 4.21 Å². The van der Waals surface area contributed by atoms with Crippen molar-refractivity contribution in [2.24, 2.45) is 0 Å². The molecule has 0 bridgehead atoms. The molecule has 1 saturated heterocycles. The molecule has 1 aromatic rings. The zero-order chi connectivity index (χ0) is 10.7. The minimum absolute atomic E-state index is 0.627. The third kappa shape index (κ3) is 1.68. The van der Waals surface area contributed by atoms with Gasteiger partial charge in [-0.2, -0.15) is 5.26 Å². The van der Waals surface area contributed by atoms with E-state index in [4.69, 9.17) is 0 Å². The first-order valence-corrected chi connectivity index (χ1v) is 6.32. The first kappa shape index (κ1) is 10.3. The van der Waals surface area contributed by atoms with Gasteiger partial charge in [-0.15, -0.1) is 0 Å². The van der Waals surface area contributed by atoms with Crippen molar-refractivity contribution in [2.45, 2.75) is 24.0 Å². The summed E-state index contributed by atoms with van der Waals surface area (Å²) in [5.41, 5.74) is 0.797. The highest BCUT2D eigenvalue weighted by molar-refractivity contribution is 7.86. The predicted octanol–water partition coefficient (Wildman–Crippen LogP) is 1.73. The van der Waals surface area contributed by atoms with Crippen LogP contribution in [-0.2, 0) is 15.5 Å². The van der Waals surface area contributed by atoms with E-state index in [1.807, 2.05) is 6.07 Å². The molecule has 4 heteroatoms. The van der Waals surface area contributed by atoms with E-state index in [1.54, 1.807) is 18.5 Å². The molecule has 0 aromatic carbocycles. The van der Waals surface area contributed by atoms with Gasteiger partial charge in [0, 0.05) is 34.5 Å². The summed E-state index contributed by atoms with van der Waals surface area (Å²) < 4.78 is 11.2. The van der Waals surface area contributed by atoms with Gasteiger partial charge in [0.15, 0.2) is 4.75 Å². The number of nitrogens with zero attached hydrogens (tertiary/aromatic N) is 2. The molecular weight excluding hydrogens is 208 g/mol. The van der Waals surface area contributed by atoms with E-state index >= 15 is 0 Å². The maximum absolute atomic E-state index is 12.0. The van der Waals surface area contributed by atoms with Crippen LogP contribution in [0.1, 0.15) is 24.8 Å². The fourth-order valence-corrected chi connectivity index (χ4v) is 3.62. The fourth-order valence-electron chi connectivity index (χ4n) is 1.94. The fraction of sp³-hybridized carbons (Fsp3) is 0.455. The molecule has 0 amide bonds. The number of rotatable bonds is 1. The van der Waals surface area contributed by atoms with E-state index in [-0.39, 0.29) is 0 Å². The lowest BCUT2D eigenvalue weighted by atomic mass is 9.95. The van der Waals surface area contributed by atoms with E-state index in [0.717, 1.165) is 18.4 Å². The Morgan fingerprint density at radius 3 is 3.00 bits per heavy atom. The van der Waals surface area contributed by atoms with Crippen LogP contribution in [0.5, 0.6) is 0 Å². The Kier molecular flexibility index (Phi) is 2.83. The molecule has 0 radical (unpaired) electrons. The minimum atomic E-state index is -1.09. The Hall–Kier alpha value is -1.21. The summed E-state index contributed by atoms with van der Waals surface area (Å²) in [7, 11) is -1.09. The van der Waals surface area contributed by atoms with Gasteiger partial charge in [-0.1, -0.05) is 6.07 Å². The Bertz CT molecular complexity index is 412. The highest BCUT2D eigenvalue weighted by atomic mass is 32.2. The molecule has 2 rings (SSSR count). The molecule has 0 saturated carbocycles. The van der Waals surface area contributed by atoms with Gasteiger partial charge in [0.05, 0.1) is 6.07 Å². The summed E-state index contributed by atoms with van der Waals surface area (Å²) >= 11 is 0. The molecule has 1 unspecified atom stereocenters. The minimum Gasteiger partial charge on any atom is -0.264 e. The van der Waals surface area contributed by atoms with Gasteiger partial charge in [0.25, 0.3) is 0 Å². The summed E-state index contributed by atoms with van der Waals surface area (Å²) in [5.74, 6) is 0.627. The van der Waals surface area contributed by atoms with Crippen LogP contribution in [0, 0.1) is 11.3 Å². The van der Waals surface area contributed by atoms with Gasteiger partial charge in [-0.3, -0.25) is 9.19 Å².